The second-order valence-electron chi connectivity index (χ2n) is 7.57. The second kappa shape index (κ2) is 7.89. The molecule has 0 bridgehead atoms. The molecule has 3 aromatic carbocycles. The van der Waals surface area contributed by atoms with Crippen molar-refractivity contribution in [2.75, 3.05) is 0 Å². The molecule has 142 valence electrons. The van der Waals surface area contributed by atoms with Crippen LogP contribution < -0.4 is 15.9 Å². The molecule has 0 radical (unpaired) electrons. The zero-order chi connectivity index (χ0) is 19.5. The van der Waals surface area contributed by atoms with Crippen LogP contribution in [0.4, 0.5) is 0 Å². The Kier molecular flexibility index (Phi) is 5.33. The average Bonchev–Trinajstić information content (AvgIpc) is 2.77. The van der Waals surface area contributed by atoms with E-state index >= 15 is 0 Å². The van der Waals surface area contributed by atoms with Crippen LogP contribution in [0.3, 0.4) is 0 Å². The van der Waals surface area contributed by atoms with E-state index < -0.39 is 18.4 Å². The first-order valence-electron chi connectivity index (χ1n) is 10.0. The lowest BCUT2D eigenvalue weighted by Crippen LogP contribution is -2.53. The van der Waals surface area contributed by atoms with E-state index in [2.05, 4.69) is 36.4 Å². The Balaban J connectivity index is 2.14. The monoisotopic (exact) mass is 389 g/mol. The fourth-order valence-electron chi connectivity index (χ4n) is 4.97. The molecule has 0 amide bonds. The van der Waals surface area contributed by atoms with Gasteiger partial charge in [0.05, 0.1) is 0 Å². The molecule has 1 aliphatic rings. The van der Waals surface area contributed by atoms with Crippen molar-refractivity contribution in [3.63, 3.8) is 0 Å². The SMILES string of the molecule is O=C(O)C1([P+](c2ccccc2)(c2ccccc2)c2ccccc2)CCCCC1. The van der Waals surface area contributed by atoms with Crippen LogP contribution in [-0.2, 0) is 4.79 Å². The predicted molar refractivity (Wildman–Crippen MR) is 119 cm³/mol. The lowest BCUT2D eigenvalue weighted by molar-refractivity contribution is -0.141. The minimum absolute atomic E-state index is 0.642. The van der Waals surface area contributed by atoms with E-state index in [0.29, 0.717) is 0 Å². The van der Waals surface area contributed by atoms with Crippen molar-refractivity contribution in [1.82, 2.24) is 0 Å². The van der Waals surface area contributed by atoms with Crippen LogP contribution >= 0.6 is 7.26 Å². The van der Waals surface area contributed by atoms with Crippen LogP contribution in [0.2, 0.25) is 0 Å². The Morgan fingerprint density at radius 2 is 1.00 bits per heavy atom. The van der Waals surface area contributed by atoms with Gasteiger partial charge < -0.3 is 5.11 Å². The van der Waals surface area contributed by atoms with E-state index in [-0.39, 0.29) is 0 Å². The summed E-state index contributed by atoms with van der Waals surface area (Å²) >= 11 is 0. The standard InChI is InChI=1S/C25H25O2P/c26-24(27)25(19-11-4-12-20-25)28(21-13-5-1-6-14-21,22-15-7-2-8-16-22)23-17-9-3-10-18-23/h1-3,5-10,13-18H,4,11-12,19-20H2/p+1. The molecule has 0 aliphatic heterocycles. The molecule has 3 aromatic rings. The number of hydrogen-bond donors (Lipinski definition) is 1. The number of aliphatic carboxylic acids is 1. The molecule has 1 N–H and O–H groups in total. The van der Waals surface area contributed by atoms with Gasteiger partial charge in [0.25, 0.3) is 0 Å². The van der Waals surface area contributed by atoms with Gasteiger partial charge in [0.15, 0.2) is 5.16 Å². The van der Waals surface area contributed by atoms with Gasteiger partial charge >= 0.3 is 5.97 Å². The highest BCUT2D eigenvalue weighted by Crippen LogP contribution is 2.70. The van der Waals surface area contributed by atoms with E-state index in [0.717, 1.165) is 48.0 Å². The number of carboxylic acid groups (broad SMARTS) is 1. The molecule has 1 fully saturated rings. The summed E-state index contributed by atoms with van der Waals surface area (Å²) in [6.45, 7) is 0. The van der Waals surface area contributed by atoms with Crippen LogP contribution in [0.15, 0.2) is 91.0 Å². The van der Waals surface area contributed by atoms with Gasteiger partial charge in [-0.15, -0.1) is 0 Å². The Hall–Kier alpha value is -2.44. The van der Waals surface area contributed by atoms with E-state index in [1.807, 2.05) is 54.6 Å². The molecule has 1 aliphatic carbocycles. The Morgan fingerprint density at radius 1 is 0.643 bits per heavy atom. The number of rotatable bonds is 5. The molecule has 0 heterocycles. The van der Waals surface area contributed by atoms with Crippen LogP contribution in [0.25, 0.3) is 0 Å². The van der Waals surface area contributed by atoms with Gasteiger partial charge in [0.2, 0.25) is 0 Å². The summed E-state index contributed by atoms with van der Waals surface area (Å²) in [5.41, 5.74) is 0. The minimum Gasteiger partial charge on any atom is -0.478 e. The maximum absolute atomic E-state index is 13.1. The van der Waals surface area contributed by atoms with Crippen molar-refractivity contribution in [1.29, 1.82) is 0 Å². The van der Waals surface area contributed by atoms with Gasteiger partial charge in [-0.2, -0.15) is 0 Å². The highest BCUT2D eigenvalue weighted by Gasteiger charge is 2.67. The number of carboxylic acids is 1. The topological polar surface area (TPSA) is 37.3 Å². The third-order valence-electron chi connectivity index (χ3n) is 6.15. The third kappa shape index (κ3) is 2.88. The smallest absolute Gasteiger partial charge is 0.348 e. The molecule has 0 atom stereocenters. The highest BCUT2D eigenvalue weighted by molar-refractivity contribution is 7.97. The molecule has 0 unspecified atom stereocenters. The predicted octanol–water partition coefficient (Wildman–Crippen LogP) is 4.77. The molecule has 2 nitrogen and oxygen atoms in total. The van der Waals surface area contributed by atoms with E-state index in [4.69, 9.17) is 0 Å². The maximum atomic E-state index is 13.1. The van der Waals surface area contributed by atoms with Crippen molar-refractivity contribution in [3.8, 4) is 0 Å². The Labute approximate surface area is 167 Å². The summed E-state index contributed by atoms with van der Waals surface area (Å²) in [4.78, 5) is 13.1. The Bertz CT molecular complexity index is 820. The number of benzene rings is 3. The summed E-state index contributed by atoms with van der Waals surface area (Å²) in [5, 5.41) is 13.5. The molecule has 28 heavy (non-hydrogen) atoms. The average molecular weight is 389 g/mol. The first-order chi connectivity index (χ1) is 13.7. The van der Waals surface area contributed by atoms with Crippen LogP contribution in [0.1, 0.15) is 32.1 Å². The minimum atomic E-state index is -2.42. The third-order valence-corrected chi connectivity index (χ3v) is 11.3. The van der Waals surface area contributed by atoms with Crippen molar-refractivity contribution in [3.05, 3.63) is 91.0 Å². The van der Waals surface area contributed by atoms with Crippen molar-refractivity contribution < 1.29 is 9.90 Å². The second-order valence-corrected chi connectivity index (χ2v) is 11.3. The quantitative estimate of drug-likeness (QED) is 0.639. The van der Waals surface area contributed by atoms with Crippen LogP contribution in [0, 0.1) is 0 Å². The summed E-state index contributed by atoms with van der Waals surface area (Å²) < 4.78 is 0. The molecular weight excluding hydrogens is 363 g/mol. The highest BCUT2D eigenvalue weighted by atomic mass is 31.2. The van der Waals surface area contributed by atoms with Crippen LogP contribution in [0.5, 0.6) is 0 Å². The van der Waals surface area contributed by atoms with Gasteiger partial charge in [-0.25, -0.2) is 4.79 Å². The van der Waals surface area contributed by atoms with E-state index in [9.17, 15) is 9.90 Å². The molecule has 0 spiro atoms. The fourth-order valence-corrected chi connectivity index (χ4v) is 10.5. The zero-order valence-electron chi connectivity index (χ0n) is 16.0. The lowest BCUT2D eigenvalue weighted by Gasteiger charge is -2.44. The zero-order valence-corrected chi connectivity index (χ0v) is 16.9. The largest absolute Gasteiger partial charge is 0.478 e. The van der Waals surface area contributed by atoms with Crippen molar-refractivity contribution in [2.45, 2.75) is 37.3 Å². The normalized spacial score (nSPS) is 16.4. The molecule has 0 aromatic heterocycles. The molecule has 4 rings (SSSR count). The fraction of sp³-hybridized carbons (Fsp3) is 0.240. The molecule has 1 saturated carbocycles. The van der Waals surface area contributed by atoms with Gasteiger partial charge in [-0.1, -0.05) is 61.0 Å². The van der Waals surface area contributed by atoms with Gasteiger partial charge in [0.1, 0.15) is 23.2 Å². The summed E-state index contributed by atoms with van der Waals surface area (Å²) in [6.07, 6.45) is 4.53. The molecular formula is C25H26O2P+. The first kappa shape index (κ1) is 18.9. The summed E-state index contributed by atoms with van der Waals surface area (Å²) in [6, 6.07) is 31.2. The van der Waals surface area contributed by atoms with Crippen molar-refractivity contribution in [2.24, 2.45) is 0 Å². The van der Waals surface area contributed by atoms with Gasteiger partial charge in [0, 0.05) is 0 Å². The van der Waals surface area contributed by atoms with Gasteiger partial charge in [-0.3, -0.25) is 0 Å². The lowest BCUT2D eigenvalue weighted by atomic mass is 9.88. The van der Waals surface area contributed by atoms with E-state index in [1.54, 1.807) is 0 Å². The summed E-state index contributed by atoms with van der Waals surface area (Å²) in [7, 11) is -2.42. The van der Waals surface area contributed by atoms with Crippen LogP contribution in [-0.4, -0.2) is 16.2 Å². The maximum Gasteiger partial charge on any atom is 0.348 e. The van der Waals surface area contributed by atoms with Crippen molar-refractivity contribution >= 4 is 29.1 Å². The summed E-state index contributed by atoms with van der Waals surface area (Å²) in [5.74, 6) is -0.642. The molecule has 3 heteroatoms. The van der Waals surface area contributed by atoms with Gasteiger partial charge in [-0.05, 0) is 62.1 Å². The Morgan fingerprint density at radius 3 is 1.32 bits per heavy atom. The first-order valence-corrected chi connectivity index (χ1v) is 11.8. The number of carbonyl (C=O) groups is 1. The molecule has 0 saturated heterocycles. The number of hydrogen-bond acceptors (Lipinski definition) is 1. The van der Waals surface area contributed by atoms with E-state index in [1.165, 1.54) is 0 Å².